The van der Waals surface area contributed by atoms with Gasteiger partial charge in [0.1, 0.15) is 0 Å². The van der Waals surface area contributed by atoms with Crippen LogP contribution < -0.4 is 9.47 Å². The largest absolute Gasteiger partial charge is 0.454 e. The summed E-state index contributed by atoms with van der Waals surface area (Å²) in [5.74, 6) is 2.19. The number of fused-ring (bicyclic) bond motifs is 1. The third-order valence-electron chi connectivity index (χ3n) is 3.77. The van der Waals surface area contributed by atoms with Gasteiger partial charge in [-0.2, -0.15) is 0 Å². The molecule has 1 aliphatic heterocycles. The third kappa shape index (κ3) is 2.85. The van der Waals surface area contributed by atoms with E-state index >= 15 is 0 Å². The minimum absolute atomic E-state index is 0.166. The van der Waals surface area contributed by atoms with Gasteiger partial charge in [0.2, 0.25) is 6.79 Å². The molecule has 4 nitrogen and oxygen atoms in total. The van der Waals surface area contributed by atoms with Crippen molar-refractivity contribution in [2.45, 2.75) is 19.9 Å². The molecule has 1 heterocycles. The summed E-state index contributed by atoms with van der Waals surface area (Å²) in [5.41, 5.74) is 1.15. The molecule has 1 aliphatic rings. The van der Waals surface area contributed by atoms with Crippen molar-refractivity contribution in [3.05, 3.63) is 23.8 Å². The van der Waals surface area contributed by atoms with Crippen LogP contribution in [-0.4, -0.2) is 37.5 Å². The van der Waals surface area contributed by atoms with E-state index in [-0.39, 0.29) is 18.6 Å². The van der Waals surface area contributed by atoms with E-state index in [1.807, 2.05) is 26.2 Å². The van der Waals surface area contributed by atoms with Gasteiger partial charge in [-0.1, -0.05) is 19.9 Å². The van der Waals surface area contributed by atoms with Gasteiger partial charge in [-0.3, -0.25) is 0 Å². The van der Waals surface area contributed by atoms with Crippen LogP contribution in [-0.2, 0) is 0 Å². The molecule has 106 valence electrons. The number of hydrogen-bond acceptors (Lipinski definition) is 4. The first-order valence-electron chi connectivity index (χ1n) is 6.71. The summed E-state index contributed by atoms with van der Waals surface area (Å²) in [6.07, 6.45) is 0. The van der Waals surface area contributed by atoms with Gasteiger partial charge < -0.3 is 19.5 Å². The lowest BCUT2D eigenvalue weighted by molar-refractivity contribution is 0.1000. The van der Waals surface area contributed by atoms with E-state index in [1.54, 1.807) is 0 Å². The molecule has 19 heavy (non-hydrogen) atoms. The lowest BCUT2D eigenvalue weighted by Gasteiger charge is -2.34. The van der Waals surface area contributed by atoms with Crippen molar-refractivity contribution in [1.82, 2.24) is 4.90 Å². The predicted molar refractivity (Wildman–Crippen MR) is 74.4 cm³/mol. The van der Waals surface area contributed by atoms with E-state index in [2.05, 4.69) is 24.8 Å². The summed E-state index contributed by atoms with van der Waals surface area (Å²) in [4.78, 5) is 2.15. The van der Waals surface area contributed by atoms with Crippen molar-refractivity contribution < 1.29 is 14.6 Å². The Bertz CT molecular complexity index is 431. The van der Waals surface area contributed by atoms with Crippen LogP contribution in [0.1, 0.15) is 25.5 Å². The molecule has 0 bridgehead atoms. The molecule has 4 heteroatoms. The van der Waals surface area contributed by atoms with Crippen molar-refractivity contribution in [3.63, 3.8) is 0 Å². The van der Waals surface area contributed by atoms with Crippen molar-refractivity contribution in [2.75, 3.05) is 27.5 Å². The average Bonchev–Trinajstić information content (AvgIpc) is 2.81. The smallest absolute Gasteiger partial charge is 0.231 e. The average molecular weight is 265 g/mol. The van der Waals surface area contributed by atoms with Gasteiger partial charge in [-0.05, 0) is 37.7 Å². The molecule has 0 aromatic heterocycles. The second-order valence-corrected chi connectivity index (χ2v) is 5.61. The standard InChI is InChI=1S/C15H23NO3/c1-10(2)12(8-17)15(16(3)4)11-5-6-13-14(7-11)19-9-18-13/h5-7,10,12,15,17H,8-9H2,1-4H3. The Kier molecular flexibility index (Phi) is 4.32. The summed E-state index contributed by atoms with van der Waals surface area (Å²) >= 11 is 0. The Morgan fingerprint density at radius 2 is 1.89 bits per heavy atom. The molecular weight excluding hydrogens is 242 g/mol. The van der Waals surface area contributed by atoms with E-state index < -0.39 is 0 Å². The Hall–Kier alpha value is -1.26. The summed E-state index contributed by atoms with van der Waals surface area (Å²) in [6, 6.07) is 6.20. The lowest BCUT2D eigenvalue weighted by atomic mass is 9.84. The zero-order valence-electron chi connectivity index (χ0n) is 12.1. The minimum Gasteiger partial charge on any atom is -0.454 e. The Balaban J connectivity index is 2.33. The molecule has 1 aromatic carbocycles. The van der Waals surface area contributed by atoms with Crippen LogP contribution in [0.3, 0.4) is 0 Å². The first kappa shape index (κ1) is 14.2. The Morgan fingerprint density at radius 3 is 2.47 bits per heavy atom. The van der Waals surface area contributed by atoms with Crippen LogP contribution in [0, 0.1) is 11.8 Å². The van der Waals surface area contributed by atoms with E-state index in [0.717, 1.165) is 17.1 Å². The highest BCUT2D eigenvalue weighted by Crippen LogP contribution is 2.38. The van der Waals surface area contributed by atoms with E-state index in [9.17, 15) is 5.11 Å². The van der Waals surface area contributed by atoms with E-state index in [4.69, 9.17) is 9.47 Å². The number of aliphatic hydroxyl groups is 1. The molecule has 1 aromatic rings. The van der Waals surface area contributed by atoms with Crippen molar-refractivity contribution in [2.24, 2.45) is 11.8 Å². The number of aliphatic hydroxyl groups excluding tert-OH is 1. The van der Waals surface area contributed by atoms with Crippen molar-refractivity contribution in [3.8, 4) is 11.5 Å². The zero-order chi connectivity index (χ0) is 14.0. The summed E-state index contributed by atoms with van der Waals surface area (Å²) in [5, 5.41) is 9.69. The van der Waals surface area contributed by atoms with Gasteiger partial charge >= 0.3 is 0 Å². The summed E-state index contributed by atoms with van der Waals surface area (Å²) < 4.78 is 10.8. The van der Waals surface area contributed by atoms with E-state index in [0.29, 0.717) is 12.7 Å². The van der Waals surface area contributed by atoms with Gasteiger partial charge in [0, 0.05) is 18.6 Å². The molecule has 0 aliphatic carbocycles. The fourth-order valence-electron chi connectivity index (χ4n) is 2.70. The predicted octanol–water partition coefficient (Wildman–Crippen LogP) is 2.28. The number of benzene rings is 1. The van der Waals surface area contributed by atoms with Crippen LogP contribution in [0.4, 0.5) is 0 Å². The molecule has 2 unspecified atom stereocenters. The first-order chi connectivity index (χ1) is 9.04. The Morgan fingerprint density at radius 1 is 1.21 bits per heavy atom. The molecular formula is C15H23NO3. The van der Waals surface area contributed by atoms with Crippen LogP contribution >= 0.6 is 0 Å². The number of nitrogens with zero attached hydrogens (tertiary/aromatic N) is 1. The van der Waals surface area contributed by atoms with Gasteiger partial charge in [0.25, 0.3) is 0 Å². The molecule has 0 saturated heterocycles. The molecule has 2 atom stereocenters. The maximum absolute atomic E-state index is 9.69. The SMILES string of the molecule is CC(C)C(CO)C(c1ccc2c(c1)OCO2)N(C)C. The minimum atomic E-state index is 0.166. The summed E-state index contributed by atoms with van der Waals surface area (Å²) in [7, 11) is 4.08. The molecule has 0 radical (unpaired) electrons. The van der Waals surface area contributed by atoms with E-state index in [1.165, 1.54) is 0 Å². The van der Waals surface area contributed by atoms with Crippen molar-refractivity contribution >= 4 is 0 Å². The van der Waals surface area contributed by atoms with Gasteiger partial charge in [0.15, 0.2) is 11.5 Å². The molecule has 0 saturated carbocycles. The van der Waals surface area contributed by atoms with Crippen LogP contribution in [0.15, 0.2) is 18.2 Å². The molecule has 0 amide bonds. The quantitative estimate of drug-likeness (QED) is 0.887. The highest BCUT2D eigenvalue weighted by Gasteiger charge is 2.28. The molecule has 1 N–H and O–H groups in total. The third-order valence-corrected chi connectivity index (χ3v) is 3.77. The van der Waals surface area contributed by atoms with Gasteiger partial charge in [-0.15, -0.1) is 0 Å². The lowest BCUT2D eigenvalue weighted by Crippen LogP contribution is -2.32. The molecule has 0 fully saturated rings. The van der Waals surface area contributed by atoms with Crippen molar-refractivity contribution in [1.29, 1.82) is 0 Å². The first-order valence-corrected chi connectivity index (χ1v) is 6.71. The number of rotatable bonds is 5. The monoisotopic (exact) mass is 265 g/mol. The van der Waals surface area contributed by atoms with Gasteiger partial charge in [-0.25, -0.2) is 0 Å². The molecule has 0 spiro atoms. The Labute approximate surface area is 114 Å². The fraction of sp³-hybridized carbons (Fsp3) is 0.600. The van der Waals surface area contributed by atoms with Crippen LogP contribution in [0.2, 0.25) is 0 Å². The van der Waals surface area contributed by atoms with Gasteiger partial charge in [0.05, 0.1) is 0 Å². The zero-order valence-corrected chi connectivity index (χ0v) is 12.1. The number of hydrogen-bond donors (Lipinski definition) is 1. The van der Waals surface area contributed by atoms with Crippen LogP contribution in [0.25, 0.3) is 0 Å². The maximum Gasteiger partial charge on any atom is 0.231 e. The fourth-order valence-corrected chi connectivity index (χ4v) is 2.70. The second kappa shape index (κ2) is 5.80. The second-order valence-electron chi connectivity index (χ2n) is 5.61. The highest BCUT2D eigenvalue weighted by atomic mass is 16.7. The molecule has 2 rings (SSSR count). The highest BCUT2D eigenvalue weighted by molar-refractivity contribution is 5.45. The number of ether oxygens (including phenoxy) is 2. The topological polar surface area (TPSA) is 41.9 Å². The summed E-state index contributed by atoms with van der Waals surface area (Å²) in [6.45, 7) is 4.75. The maximum atomic E-state index is 9.69. The van der Waals surface area contributed by atoms with Crippen LogP contribution in [0.5, 0.6) is 11.5 Å². The normalized spacial score (nSPS) is 17.0.